The Labute approximate surface area is 140 Å². The van der Waals surface area contributed by atoms with Gasteiger partial charge in [0.05, 0.1) is 12.4 Å². The fourth-order valence-electron chi connectivity index (χ4n) is 2.08. The van der Waals surface area contributed by atoms with Crippen LogP contribution in [0.2, 0.25) is 0 Å². The van der Waals surface area contributed by atoms with Gasteiger partial charge in [-0.3, -0.25) is 4.98 Å². The molecular formula is C17H31N5O. The van der Waals surface area contributed by atoms with Gasteiger partial charge in [0, 0.05) is 33.7 Å². The van der Waals surface area contributed by atoms with Crippen LogP contribution in [0.15, 0.2) is 25.0 Å². The molecule has 1 aromatic rings. The Bertz CT molecular complexity index is 464. The van der Waals surface area contributed by atoms with Gasteiger partial charge >= 0.3 is 0 Å². The molecule has 0 bridgehead atoms. The highest BCUT2D eigenvalue weighted by Crippen LogP contribution is 2.15. The van der Waals surface area contributed by atoms with Crippen LogP contribution >= 0.6 is 0 Å². The van der Waals surface area contributed by atoms with E-state index in [0.29, 0.717) is 5.88 Å². The molecule has 0 saturated heterocycles. The maximum atomic E-state index is 6.08. The minimum Gasteiger partial charge on any atom is -0.472 e. The number of anilines is 1. The molecule has 23 heavy (non-hydrogen) atoms. The Kier molecular flexibility index (Phi) is 8.58. The molecule has 0 unspecified atom stereocenters. The zero-order valence-electron chi connectivity index (χ0n) is 15.2. The average molecular weight is 321 g/mol. The summed E-state index contributed by atoms with van der Waals surface area (Å²) in [5, 5.41) is 0. The van der Waals surface area contributed by atoms with Crippen molar-refractivity contribution in [2.75, 3.05) is 59.8 Å². The molecule has 0 radical (unpaired) electrons. The van der Waals surface area contributed by atoms with E-state index in [1.165, 1.54) is 0 Å². The number of hydrogen-bond acceptors (Lipinski definition) is 6. The van der Waals surface area contributed by atoms with E-state index in [9.17, 15) is 0 Å². The Morgan fingerprint density at radius 1 is 1.17 bits per heavy atom. The zero-order chi connectivity index (χ0) is 17.2. The average Bonchev–Trinajstić information content (AvgIpc) is 2.50. The molecule has 0 aliphatic carbocycles. The van der Waals surface area contributed by atoms with Gasteiger partial charge in [0.15, 0.2) is 5.82 Å². The molecule has 0 N–H and O–H groups in total. The second-order valence-electron chi connectivity index (χ2n) is 6.28. The molecule has 0 aliphatic heterocycles. The van der Waals surface area contributed by atoms with Gasteiger partial charge in [0.1, 0.15) is 6.10 Å². The number of aromatic nitrogens is 2. The molecule has 6 nitrogen and oxygen atoms in total. The van der Waals surface area contributed by atoms with Crippen molar-refractivity contribution in [2.45, 2.75) is 18.9 Å². The van der Waals surface area contributed by atoms with Gasteiger partial charge in [-0.05, 0) is 34.0 Å². The summed E-state index contributed by atoms with van der Waals surface area (Å²) in [5.74, 6) is 1.37. The van der Waals surface area contributed by atoms with Crippen molar-refractivity contribution < 1.29 is 4.74 Å². The lowest BCUT2D eigenvalue weighted by Gasteiger charge is -2.25. The van der Waals surface area contributed by atoms with Crippen molar-refractivity contribution in [3.05, 3.63) is 25.0 Å². The first kappa shape index (κ1) is 19.4. The predicted molar refractivity (Wildman–Crippen MR) is 96.3 cm³/mol. The maximum Gasteiger partial charge on any atom is 0.234 e. The van der Waals surface area contributed by atoms with Crippen molar-refractivity contribution >= 4 is 5.82 Å². The first-order valence-corrected chi connectivity index (χ1v) is 8.02. The summed E-state index contributed by atoms with van der Waals surface area (Å²) in [6.07, 6.45) is 7.25. The van der Waals surface area contributed by atoms with Crippen LogP contribution < -0.4 is 9.64 Å². The number of nitrogens with zero attached hydrogens (tertiary/aromatic N) is 5. The van der Waals surface area contributed by atoms with E-state index >= 15 is 0 Å². The van der Waals surface area contributed by atoms with Crippen molar-refractivity contribution in [1.82, 2.24) is 19.8 Å². The minimum atomic E-state index is 0.0758. The van der Waals surface area contributed by atoms with Gasteiger partial charge in [-0.2, -0.15) is 4.98 Å². The number of ether oxygens (including phenoxy) is 1. The molecule has 130 valence electrons. The monoisotopic (exact) mass is 321 g/mol. The molecular weight excluding hydrogens is 290 g/mol. The van der Waals surface area contributed by atoms with Gasteiger partial charge in [-0.25, -0.2) is 0 Å². The molecule has 6 heteroatoms. The standard InChI is InChI=1S/C17H31N5O/c1-7-8-9-15(14-22(6)11-10-20(2)3)23-17-13-18-12-16(19-17)21(4)5/h7,12-13,15H,1,8-11,14H2,2-6H3/t15-/m1/s1. The van der Waals surface area contributed by atoms with Crippen molar-refractivity contribution in [3.8, 4) is 5.88 Å². The number of hydrogen-bond donors (Lipinski definition) is 0. The van der Waals surface area contributed by atoms with Crippen LogP contribution in [0, 0.1) is 0 Å². The Balaban J connectivity index is 2.66. The van der Waals surface area contributed by atoms with Gasteiger partial charge in [0.25, 0.3) is 0 Å². The highest BCUT2D eigenvalue weighted by atomic mass is 16.5. The normalized spacial score (nSPS) is 12.5. The summed E-state index contributed by atoms with van der Waals surface area (Å²) in [6, 6.07) is 0. The largest absolute Gasteiger partial charge is 0.472 e. The SMILES string of the molecule is C=CCC[C@H](CN(C)CCN(C)C)Oc1cncc(N(C)C)n1. The third kappa shape index (κ3) is 7.95. The van der Waals surface area contributed by atoms with Gasteiger partial charge in [0.2, 0.25) is 5.88 Å². The van der Waals surface area contributed by atoms with E-state index in [1.807, 2.05) is 25.1 Å². The van der Waals surface area contributed by atoms with Crippen molar-refractivity contribution in [1.29, 1.82) is 0 Å². The predicted octanol–water partition coefficient (Wildman–Crippen LogP) is 1.75. The maximum absolute atomic E-state index is 6.08. The summed E-state index contributed by atoms with van der Waals surface area (Å²) < 4.78 is 6.08. The summed E-state index contributed by atoms with van der Waals surface area (Å²) in [6.45, 7) is 6.69. The number of likely N-dealkylation sites (N-methyl/N-ethyl adjacent to an activating group) is 2. The van der Waals surface area contributed by atoms with E-state index in [2.05, 4.69) is 47.5 Å². The number of rotatable bonds is 11. The first-order chi connectivity index (χ1) is 10.9. The van der Waals surface area contributed by atoms with Crippen LogP contribution in [0.25, 0.3) is 0 Å². The van der Waals surface area contributed by atoms with Crippen LogP contribution in [0.4, 0.5) is 5.82 Å². The third-order valence-corrected chi connectivity index (χ3v) is 3.48. The van der Waals surface area contributed by atoms with Gasteiger partial charge in [-0.15, -0.1) is 6.58 Å². The topological polar surface area (TPSA) is 44.7 Å². The summed E-state index contributed by atoms with van der Waals surface area (Å²) in [7, 11) is 10.2. The molecule has 1 heterocycles. The minimum absolute atomic E-state index is 0.0758. The van der Waals surface area contributed by atoms with Gasteiger partial charge in [-0.1, -0.05) is 6.08 Å². The number of allylic oxidation sites excluding steroid dienone is 1. The quantitative estimate of drug-likeness (QED) is 0.579. The van der Waals surface area contributed by atoms with Crippen LogP contribution in [0.5, 0.6) is 5.88 Å². The second-order valence-corrected chi connectivity index (χ2v) is 6.28. The lowest BCUT2D eigenvalue weighted by Crippen LogP contribution is -2.37. The highest BCUT2D eigenvalue weighted by molar-refractivity contribution is 5.34. The molecule has 1 rings (SSSR count). The lowest BCUT2D eigenvalue weighted by molar-refractivity contribution is 0.130. The molecule has 0 spiro atoms. The second kappa shape index (κ2) is 10.2. The molecule has 1 aromatic heterocycles. The summed E-state index contributed by atoms with van der Waals surface area (Å²) >= 11 is 0. The molecule has 0 saturated carbocycles. The third-order valence-electron chi connectivity index (χ3n) is 3.48. The van der Waals surface area contributed by atoms with E-state index in [-0.39, 0.29) is 6.10 Å². The Hall–Kier alpha value is -1.66. The molecule has 0 aromatic carbocycles. The van der Waals surface area contributed by atoms with E-state index in [0.717, 1.165) is 38.3 Å². The van der Waals surface area contributed by atoms with Crippen LogP contribution in [-0.4, -0.2) is 80.7 Å². The molecule has 0 fully saturated rings. The lowest BCUT2D eigenvalue weighted by atomic mass is 10.2. The van der Waals surface area contributed by atoms with Crippen LogP contribution in [0.3, 0.4) is 0 Å². The zero-order valence-corrected chi connectivity index (χ0v) is 15.2. The summed E-state index contributed by atoms with van der Waals surface area (Å²) in [4.78, 5) is 15.1. The molecule has 0 amide bonds. The smallest absolute Gasteiger partial charge is 0.234 e. The van der Waals surface area contributed by atoms with E-state index in [4.69, 9.17) is 4.74 Å². The van der Waals surface area contributed by atoms with E-state index < -0.39 is 0 Å². The fourth-order valence-corrected chi connectivity index (χ4v) is 2.08. The summed E-state index contributed by atoms with van der Waals surface area (Å²) in [5.41, 5.74) is 0. The molecule has 1 atom stereocenters. The van der Waals surface area contributed by atoms with Crippen LogP contribution in [0.1, 0.15) is 12.8 Å². The Morgan fingerprint density at radius 3 is 2.52 bits per heavy atom. The van der Waals surface area contributed by atoms with Crippen molar-refractivity contribution in [3.63, 3.8) is 0 Å². The van der Waals surface area contributed by atoms with Crippen LogP contribution in [-0.2, 0) is 0 Å². The first-order valence-electron chi connectivity index (χ1n) is 8.02. The molecule has 0 aliphatic rings. The van der Waals surface area contributed by atoms with Crippen molar-refractivity contribution in [2.24, 2.45) is 0 Å². The fraction of sp³-hybridized carbons (Fsp3) is 0.647. The highest BCUT2D eigenvalue weighted by Gasteiger charge is 2.14. The Morgan fingerprint density at radius 2 is 1.91 bits per heavy atom. The van der Waals surface area contributed by atoms with E-state index in [1.54, 1.807) is 12.4 Å². The van der Waals surface area contributed by atoms with Gasteiger partial charge < -0.3 is 19.4 Å².